The van der Waals surface area contributed by atoms with Crippen LogP contribution in [0.25, 0.3) is 0 Å². The first-order chi connectivity index (χ1) is 13.6. The van der Waals surface area contributed by atoms with E-state index >= 15 is 0 Å². The number of para-hydroxylation sites is 1. The molecule has 2 N–H and O–H groups in total. The van der Waals surface area contributed by atoms with Crippen LogP contribution in [0.2, 0.25) is 0 Å². The van der Waals surface area contributed by atoms with E-state index in [1.807, 2.05) is 48.5 Å². The van der Waals surface area contributed by atoms with Crippen LogP contribution in [0.1, 0.15) is 5.56 Å². The van der Waals surface area contributed by atoms with Gasteiger partial charge in [0.05, 0.1) is 12.9 Å². The van der Waals surface area contributed by atoms with Gasteiger partial charge in [-0.2, -0.15) is 0 Å². The minimum Gasteiger partial charge on any atom is -0.496 e. The summed E-state index contributed by atoms with van der Waals surface area (Å²) in [5.41, 5.74) is 2.00. The number of aromatic nitrogens is 2. The third kappa shape index (κ3) is 6.22. The van der Waals surface area contributed by atoms with Crippen LogP contribution in [0.15, 0.2) is 57.3 Å². The van der Waals surface area contributed by atoms with Crippen LogP contribution < -0.4 is 15.4 Å². The third-order valence-electron chi connectivity index (χ3n) is 3.72. The van der Waals surface area contributed by atoms with E-state index in [1.54, 1.807) is 7.11 Å². The largest absolute Gasteiger partial charge is 0.496 e. The monoisotopic (exact) mass is 478 g/mol. The molecule has 1 heterocycles. The molecule has 9 heteroatoms. The summed E-state index contributed by atoms with van der Waals surface area (Å²) < 4.78 is 7.06. The second-order valence-corrected chi connectivity index (χ2v) is 8.82. The number of thioether (sulfide) groups is 1. The number of anilines is 2. The molecule has 0 saturated carbocycles. The lowest BCUT2D eigenvalue weighted by Gasteiger charge is -2.08. The molecule has 3 aromatic rings. The molecule has 0 unspecified atom stereocenters. The first kappa shape index (κ1) is 20.6. The van der Waals surface area contributed by atoms with E-state index in [0.717, 1.165) is 32.2 Å². The van der Waals surface area contributed by atoms with E-state index < -0.39 is 0 Å². The summed E-state index contributed by atoms with van der Waals surface area (Å²) in [6, 6.07) is 15.6. The topological polar surface area (TPSA) is 76.1 Å². The molecule has 1 amide bonds. The van der Waals surface area contributed by atoms with Crippen molar-refractivity contribution in [3.63, 3.8) is 0 Å². The fourth-order valence-corrected chi connectivity index (χ4v) is 4.43. The van der Waals surface area contributed by atoms with Gasteiger partial charge in [-0.3, -0.25) is 4.79 Å². The summed E-state index contributed by atoms with van der Waals surface area (Å²) in [6.07, 6.45) is 0.722. The minimum absolute atomic E-state index is 0.0309. The summed E-state index contributed by atoms with van der Waals surface area (Å²) >= 11 is 6.23. The Morgan fingerprint density at radius 2 is 2.07 bits per heavy atom. The lowest BCUT2D eigenvalue weighted by Crippen LogP contribution is -2.27. The molecule has 6 nitrogen and oxygen atoms in total. The summed E-state index contributed by atoms with van der Waals surface area (Å²) in [7, 11) is 1.65. The number of ether oxygens (including phenoxy) is 1. The predicted octanol–water partition coefficient (Wildman–Crippen LogP) is 4.50. The van der Waals surface area contributed by atoms with Crippen molar-refractivity contribution in [3.8, 4) is 5.75 Å². The number of nitrogens with zero attached hydrogens (tertiary/aromatic N) is 2. The molecule has 0 aliphatic heterocycles. The zero-order valence-corrected chi connectivity index (χ0v) is 18.4. The van der Waals surface area contributed by atoms with Gasteiger partial charge in [-0.25, -0.2) is 0 Å². The molecular weight excluding hydrogens is 460 g/mol. The lowest BCUT2D eigenvalue weighted by atomic mass is 10.1. The zero-order valence-electron chi connectivity index (χ0n) is 15.1. The quantitative estimate of drug-likeness (QED) is 0.440. The van der Waals surface area contributed by atoms with Crippen molar-refractivity contribution in [1.29, 1.82) is 0 Å². The highest BCUT2D eigenvalue weighted by Gasteiger charge is 2.09. The van der Waals surface area contributed by atoms with Gasteiger partial charge in [0, 0.05) is 16.7 Å². The number of methoxy groups -OCH3 is 1. The van der Waals surface area contributed by atoms with Crippen molar-refractivity contribution in [2.45, 2.75) is 10.8 Å². The predicted molar refractivity (Wildman–Crippen MR) is 118 cm³/mol. The first-order valence-corrected chi connectivity index (χ1v) is 11.1. The normalized spacial score (nSPS) is 10.5. The maximum Gasteiger partial charge on any atom is 0.230 e. The van der Waals surface area contributed by atoms with Crippen molar-refractivity contribution >= 4 is 55.8 Å². The van der Waals surface area contributed by atoms with Gasteiger partial charge in [-0.1, -0.05) is 63.3 Å². The second-order valence-electron chi connectivity index (χ2n) is 5.71. The summed E-state index contributed by atoms with van der Waals surface area (Å²) in [5, 5.41) is 15.1. The Bertz CT molecular complexity index is 936. The molecular formula is C19H19BrN4O2S2. The van der Waals surface area contributed by atoms with Gasteiger partial charge >= 0.3 is 0 Å². The number of hydrogen-bond acceptors (Lipinski definition) is 7. The second kappa shape index (κ2) is 10.4. The van der Waals surface area contributed by atoms with Gasteiger partial charge in [0.15, 0.2) is 4.34 Å². The highest BCUT2D eigenvalue weighted by Crippen LogP contribution is 2.28. The molecule has 0 saturated heterocycles. The Morgan fingerprint density at radius 3 is 2.89 bits per heavy atom. The smallest absolute Gasteiger partial charge is 0.230 e. The molecule has 0 fully saturated rings. The molecule has 0 aliphatic carbocycles. The van der Waals surface area contributed by atoms with E-state index in [9.17, 15) is 4.79 Å². The molecule has 0 radical (unpaired) electrons. The number of halogens is 1. The maximum absolute atomic E-state index is 12.1. The molecule has 28 heavy (non-hydrogen) atoms. The Balaban J connectivity index is 1.42. The van der Waals surface area contributed by atoms with Crippen LogP contribution in [-0.4, -0.2) is 35.5 Å². The van der Waals surface area contributed by atoms with E-state index in [0.29, 0.717) is 17.4 Å². The number of carbonyl (C=O) groups excluding carboxylic acids is 1. The fourth-order valence-electron chi connectivity index (χ4n) is 2.43. The number of amides is 1. The average Bonchev–Trinajstić information content (AvgIpc) is 3.14. The molecule has 146 valence electrons. The van der Waals surface area contributed by atoms with Gasteiger partial charge in [0.1, 0.15) is 5.75 Å². The summed E-state index contributed by atoms with van der Waals surface area (Å²) in [6.45, 7) is 0.561. The number of benzene rings is 2. The molecule has 0 atom stereocenters. The SMILES string of the molecule is COc1ccccc1CCNC(=O)CSc1nnc(Nc2cccc(Br)c2)s1. The Morgan fingerprint density at radius 1 is 1.21 bits per heavy atom. The van der Waals surface area contributed by atoms with Gasteiger partial charge in [-0.05, 0) is 36.2 Å². The molecule has 3 rings (SSSR count). The van der Waals surface area contributed by atoms with E-state index in [4.69, 9.17) is 4.74 Å². The Hall–Kier alpha value is -2.10. The molecule has 0 spiro atoms. The van der Waals surface area contributed by atoms with Crippen molar-refractivity contribution in [2.24, 2.45) is 0 Å². The van der Waals surface area contributed by atoms with Crippen LogP contribution in [0, 0.1) is 0 Å². The first-order valence-electron chi connectivity index (χ1n) is 8.51. The highest BCUT2D eigenvalue weighted by atomic mass is 79.9. The van der Waals surface area contributed by atoms with Crippen molar-refractivity contribution in [3.05, 3.63) is 58.6 Å². The van der Waals surface area contributed by atoms with Crippen LogP contribution in [0.4, 0.5) is 10.8 Å². The van der Waals surface area contributed by atoms with Crippen molar-refractivity contribution in [2.75, 3.05) is 24.7 Å². The number of carbonyl (C=O) groups is 1. The van der Waals surface area contributed by atoms with Crippen LogP contribution in [0.5, 0.6) is 5.75 Å². The number of nitrogens with one attached hydrogen (secondary N) is 2. The molecule has 0 aliphatic rings. The number of hydrogen-bond donors (Lipinski definition) is 2. The Kier molecular flexibility index (Phi) is 7.70. The van der Waals surface area contributed by atoms with Gasteiger partial charge in [-0.15, -0.1) is 10.2 Å². The standard InChI is InChI=1S/C19H19BrN4O2S2/c1-26-16-8-3-2-5-13(16)9-10-21-17(25)12-27-19-24-23-18(28-19)22-15-7-4-6-14(20)11-15/h2-8,11H,9-10,12H2,1H3,(H,21,25)(H,22,23). The molecule has 0 bridgehead atoms. The Labute approximate surface area is 180 Å². The van der Waals surface area contributed by atoms with E-state index in [1.165, 1.54) is 23.1 Å². The van der Waals surface area contributed by atoms with Gasteiger partial charge in [0.2, 0.25) is 11.0 Å². The van der Waals surface area contributed by atoms with Crippen LogP contribution in [0.3, 0.4) is 0 Å². The van der Waals surface area contributed by atoms with Crippen LogP contribution >= 0.6 is 39.0 Å². The third-order valence-corrected chi connectivity index (χ3v) is 6.18. The van der Waals surface area contributed by atoms with Crippen molar-refractivity contribution < 1.29 is 9.53 Å². The lowest BCUT2D eigenvalue weighted by molar-refractivity contribution is -0.118. The zero-order chi connectivity index (χ0) is 19.8. The van der Waals surface area contributed by atoms with Gasteiger partial charge in [0.25, 0.3) is 0 Å². The average molecular weight is 479 g/mol. The maximum atomic E-state index is 12.1. The van der Waals surface area contributed by atoms with E-state index in [-0.39, 0.29) is 5.91 Å². The molecule has 1 aromatic heterocycles. The minimum atomic E-state index is -0.0309. The van der Waals surface area contributed by atoms with Crippen LogP contribution in [-0.2, 0) is 11.2 Å². The van der Waals surface area contributed by atoms with Gasteiger partial charge < -0.3 is 15.4 Å². The summed E-state index contributed by atoms with van der Waals surface area (Å²) in [4.78, 5) is 12.1. The number of rotatable bonds is 9. The summed E-state index contributed by atoms with van der Waals surface area (Å²) in [5.74, 6) is 1.11. The highest BCUT2D eigenvalue weighted by molar-refractivity contribution is 9.10. The van der Waals surface area contributed by atoms with E-state index in [2.05, 4.69) is 36.8 Å². The fraction of sp³-hybridized carbons (Fsp3) is 0.211. The van der Waals surface area contributed by atoms with Crippen molar-refractivity contribution in [1.82, 2.24) is 15.5 Å². The molecule has 2 aromatic carbocycles.